The molecule has 0 aromatic rings. The SMILES string of the molecule is C#CCOCCOCCOCCOCCOCCOCCOCCOCCOCCOCCOCC#C. The third kappa shape index (κ3) is 34.7. The van der Waals surface area contributed by atoms with Gasteiger partial charge >= 0.3 is 0 Å². The van der Waals surface area contributed by atoms with E-state index < -0.39 is 0 Å². The molecule has 0 atom stereocenters. The normalized spacial score (nSPS) is 11.0. The Labute approximate surface area is 222 Å². The molecule has 0 aliphatic heterocycles. The van der Waals surface area contributed by atoms with Crippen molar-refractivity contribution < 1.29 is 52.1 Å². The summed E-state index contributed by atoms with van der Waals surface area (Å²) in [6.07, 6.45) is 10.1. The highest BCUT2D eigenvalue weighted by atomic mass is 16.6. The van der Waals surface area contributed by atoms with Gasteiger partial charge in [0.05, 0.1) is 132 Å². The van der Waals surface area contributed by atoms with Gasteiger partial charge in [0.1, 0.15) is 13.2 Å². The quantitative estimate of drug-likeness (QED) is 0.0887. The molecule has 0 spiro atoms. The van der Waals surface area contributed by atoms with Gasteiger partial charge in [0, 0.05) is 0 Å². The van der Waals surface area contributed by atoms with Crippen molar-refractivity contribution >= 4 is 0 Å². The Morgan fingerprint density at radius 3 is 0.514 bits per heavy atom. The van der Waals surface area contributed by atoms with Crippen LogP contribution in [0.3, 0.4) is 0 Å². The van der Waals surface area contributed by atoms with E-state index in [4.69, 9.17) is 65.0 Å². The molecule has 0 aliphatic rings. The first kappa shape index (κ1) is 35.7. The Balaban J connectivity index is 3.02. The molecule has 11 nitrogen and oxygen atoms in total. The summed E-state index contributed by atoms with van der Waals surface area (Å²) < 4.78 is 58.8. The van der Waals surface area contributed by atoms with E-state index in [0.717, 1.165) is 0 Å². The Morgan fingerprint density at radius 1 is 0.243 bits per heavy atom. The van der Waals surface area contributed by atoms with Gasteiger partial charge in [-0.1, -0.05) is 11.8 Å². The number of hydrogen-bond acceptors (Lipinski definition) is 11. The molecule has 0 radical (unpaired) electrons. The molecule has 0 amide bonds. The van der Waals surface area contributed by atoms with Crippen LogP contribution in [0.1, 0.15) is 0 Å². The van der Waals surface area contributed by atoms with Gasteiger partial charge < -0.3 is 52.1 Å². The molecule has 0 saturated carbocycles. The molecule has 0 unspecified atom stereocenters. The van der Waals surface area contributed by atoms with Crippen molar-refractivity contribution in [3.8, 4) is 24.7 Å². The van der Waals surface area contributed by atoms with E-state index in [9.17, 15) is 0 Å². The summed E-state index contributed by atoms with van der Waals surface area (Å²) in [6.45, 7) is 10.8. The van der Waals surface area contributed by atoms with Crippen LogP contribution in [0.25, 0.3) is 0 Å². The molecule has 0 rings (SSSR count). The average Bonchev–Trinajstić information content (AvgIpc) is 2.91. The van der Waals surface area contributed by atoms with Crippen LogP contribution in [-0.2, 0) is 52.1 Å². The largest absolute Gasteiger partial charge is 0.377 e. The lowest BCUT2D eigenvalue weighted by Crippen LogP contribution is -2.15. The van der Waals surface area contributed by atoms with Crippen molar-refractivity contribution in [1.82, 2.24) is 0 Å². The van der Waals surface area contributed by atoms with Crippen LogP contribution >= 0.6 is 0 Å². The van der Waals surface area contributed by atoms with E-state index in [1.807, 2.05) is 0 Å². The second kappa shape index (κ2) is 34.7. The fourth-order valence-electron chi connectivity index (χ4n) is 2.36. The van der Waals surface area contributed by atoms with Crippen LogP contribution in [0.5, 0.6) is 0 Å². The number of terminal acetylenes is 2. The maximum absolute atomic E-state index is 5.44. The Kier molecular flexibility index (Phi) is 33.4. The van der Waals surface area contributed by atoms with E-state index in [1.165, 1.54) is 0 Å². The van der Waals surface area contributed by atoms with Crippen LogP contribution in [0.2, 0.25) is 0 Å². The third-order valence-corrected chi connectivity index (χ3v) is 4.09. The maximum Gasteiger partial charge on any atom is 0.107 e. The molecule has 0 saturated heterocycles. The smallest absolute Gasteiger partial charge is 0.107 e. The molecule has 11 heteroatoms. The molecule has 0 N–H and O–H groups in total. The highest BCUT2D eigenvalue weighted by molar-refractivity contribution is 4.83. The predicted octanol–water partition coefficient (Wildman–Crippen LogP) is 0.435. The molecule has 37 heavy (non-hydrogen) atoms. The Bertz CT molecular complexity index is 464. The predicted molar refractivity (Wildman–Crippen MR) is 137 cm³/mol. The van der Waals surface area contributed by atoms with Crippen molar-refractivity contribution in [2.75, 3.05) is 145 Å². The zero-order valence-electron chi connectivity index (χ0n) is 22.2. The zero-order chi connectivity index (χ0) is 26.7. The van der Waals surface area contributed by atoms with Crippen LogP contribution in [0, 0.1) is 24.7 Å². The molecule has 0 aromatic carbocycles. The molecular weight excluding hydrogens is 488 g/mol. The lowest BCUT2D eigenvalue weighted by molar-refractivity contribution is -0.0269. The first-order chi connectivity index (χ1) is 18.4. The van der Waals surface area contributed by atoms with Gasteiger partial charge in [-0.05, 0) is 0 Å². The van der Waals surface area contributed by atoms with E-state index in [1.54, 1.807) is 0 Å². The molecule has 0 fully saturated rings. The average molecular weight is 535 g/mol. The van der Waals surface area contributed by atoms with Crippen LogP contribution < -0.4 is 0 Å². The minimum absolute atomic E-state index is 0.308. The van der Waals surface area contributed by atoms with Gasteiger partial charge in [-0.15, -0.1) is 12.8 Å². The van der Waals surface area contributed by atoms with Crippen molar-refractivity contribution in [2.24, 2.45) is 0 Å². The lowest BCUT2D eigenvalue weighted by atomic mass is 10.6. The van der Waals surface area contributed by atoms with E-state index in [0.29, 0.717) is 145 Å². The van der Waals surface area contributed by atoms with Crippen LogP contribution in [0.15, 0.2) is 0 Å². The number of ether oxygens (including phenoxy) is 11. The van der Waals surface area contributed by atoms with Gasteiger partial charge in [0.2, 0.25) is 0 Å². The van der Waals surface area contributed by atoms with Gasteiger partial charge in [-0.3, -0.25) is 0 Å². The van der Waals surface area contributed by atoms with Crippen LogP contribution in [0.4, 0.5) is 0 Å². The van der Waals surface area contributed by atoms with Crippen molar-refractivity contribution in [3.63, 3.8) is 0 Å². The summed E-state index contributed by atoms with van der Waals surface area (Å²) >= 11 is 0. The lowest BCUT2D eigenvalue weighted by Gasteiger charge is -2.09. The minimum atomic E-state index is 0.308. The first-order valence-electron chi connectivity index (χ1n) is 12.6. The minimum Gasteiger partial charge on any atom is -0.377 e. The highest BCUT2D eigenvalue weighted by Crippen LogP contribution is 1.86. The second-order valence-electron chi connectivity index (χ2n) is 7.02. The third-order valence-electron chi connectivity index (χ3n) is 4.09. The molecule has 216 valence electrons. The van der Waals surface area contributed by atoms with E-state index in [2.05, 4.69) is 11.8 Å². The second-order valence-corrected chi connectivity index (χ2v) is 7.02. The topological polar surface area (TPSA) is 102 Å². The number of rotatable bonds is 32. The zero-order valence-corrected chi connectivity index (χ0v) is 22.2. The van der Waals surface area contributed by atoms with Gasteiger partial charge in [0.15, 0.2) is 0 Å². The highest BCUT2D eigenvalue weighted by Gasteiger charge is 1.96. The van der Waals surface area contributed by atoms with E-state index in [-0.39, 0.29) is 0 Å². The fraction of sp³-hybridized carbons (Fsp3) is 0.846. The Morgan fingerprint density at radius 2 is 0.378 bits per heavy atom. The molecule has 0 aromatic heterocycles. The van der Waals surface area contributed by atoms with Gasteiger partial charge in [0.25, 0.3) is 0 Å². The van der Waals surface area contributed by atoms with Crippen molar-refractivity contribution in [3.05, 3.63) is 0 Å². The molecule has 0 aliphatic carbocycles. The maximum atomic E-state index is 5.44. The monoisotopic (exact) mass is 534 g/mol. The van der Waals surface area contributed by atoms with E-state index >= 15 is 0 Å². The van der Waals surface area contributed by atoms with Crippen LogP contribution in [-0.4, -0.2) is 145 Å². The Hall–Kier alpha value is -1.32. The summed E-state index contributed by atoms with van der Waals surface area (Å²) in [5.74, 6) is 4.79. The first-order valence-corrected chi connectivity index (χ1v) is 12.6. The summed E-state index contributed by atoms with van der Waals surface area (Å²) in [4.78, 5) is 0. The van der Waals surface area contributed by atoms with Gasteiger partial charge in [-0.2, -0.15) is 0 Å². The standard InChI is InChI=1S/C26H46O11/c1-3-5-27-7-9-29-11-13-31-15-17-33-19-21-35-23-25-37-26-24-36-22-20-34-18-16-32-14-12-30-10-8-28-6-4-2/h1-2H,5-26H2. The molecular formula is C26H46O11. The summed E-state index contributed by atoms with van der Waals surface area (Å²) in [7, 11) is 0. The fourth-order valence-corrected chi connectivity index (χ4v) is 2.36. The summed E-state index contributed by atoms with van der Waals surface area (Å²) in [5, 5.41) is 0. The van der Waals surface area contributed by atoms with Gasteiger partial charge in [-0.25, -0.2) is 0 Å². The molecule has 0 heterocycles. The molecule has 0 bridgehead atoms. The summed E-state index contributed by atoms with van der Waals surface area (Å²) in [6, 6.07) is 0. The number of hydrogen-bond donors (Lipinski definition) is 0. The van der Waals surface area contributed by atoms with Crippen molar-refractivity contribution in [1.29, 1.82) is 0 Å². The van der Waals surface area contributed by atoms with Crippen molar-refractivity contribution in [2.45, 2.75) is 0 Å². The summed E-state index contributed by atoms with van der Waals surface area (Å²) in [5.41, 5.74) is 0.